The Morgan fingerprint density at radius 1 is 0.309 bits per heavy atom. The molecule has 17 nitrogen and oxygen atoms in total. The van der Waals surface area contributed by atoms with Gasteiger partial charge in [0.25, 0.3) is 0 Å². The number of aliphatic hydroxyl groups excluding tert-OH is 1. The van der Waals surface area contributed by atoms with E-state index in [1.54, 1.807) is 0 Å². The maximum Gasteiger partial charge on any atom is 0.472 e. The minimum absolute atomic E-state index is 0.0993. The van der Waals surface area contributed by atoms with Gasteiger partial charge < -0.3 is 33.8 Å². The van der Waals surface area contributed by atoms with Gasteiger partial charge in [-0.25, -0.2) is 9.13 Å². The van der Waals surface area contributed by atoms with Gasteiger partial charge in [-0.3, -0.25) is 37.3 Å². The van der Waals surface area contributed by atoms with E-state index >= 15 is 0 Å². The number of hydrogen-bond acceptors (Lipinski definition) is 15. The second kappa shape index (κ2) is 68.5. The Morgan fingerprint density at radius 3 is 0.872 bits per heavy atom. The number of unbranched alkanes of at least 4 members (excludes halogenated alkanes) is 38. The molecule has 0 fully saturated rings. The smallest absolute Gasteiger partial charge is 0.462 e. The maximum absolute atomic E-state index is 13.0. The molecule has 0 amide bonds. The van der Waals surface area contributed by atoms with Gasteiger partial charge >= 0.3 is 39.5 Å². The summed E-state index contributed by atoms with van der Waals surface area (Å²) in [5.74, 6) is -2.16. The first-order valence-corrected chi connectivity index (χ1v) is 40.9. The van der Waals surface area contributed by atoms with Crippen LogP contribution in [0.1, 0.15) is 349 Å². The predicted molar refractivity (Wildman–Crippen MR) is 381 cm³/mol. The highest BCUT2D eigenvalue weighted by Gasteiger charge is 2.30. The zero-order chi connectivity index (χ0) is 69.0. The van der Waals surface area contributed by atoms with Gasteiger partial charge in [0.05, 0.1) is 26.4 Å². The molecule has 0 rings (SSSR count). The van der Waals surface area contributed by atoms with Crippen LogP contribution in [0, 0.1) is 0 Å². The first-order valence-electron chi connectivity index (χ1n) is 37.9. The fourth-order valence-corrected chi connectivity index (χ4v) is 12.1. The summed E-state index contributed by atoms with van der Waals surface area (Å²) in [6, 6.07) is 0. The first kappa shape index (κ1) is 91.0. The van der Waals surface area contributed by atoms with Crippen molar-refractivity contribution in [2.75, 3.05) is 39.6 Å². The van der Waals surface area contributed by atoms with Gasteiger partial charge in [0.2, 0.25) is 0 Å². The lowest BCUT2D eigenvalue weighted by molar-refractivity contribution is -0.161. The molecule has 0 radical (unpaired) electrons. The molecule has 0 aromatic carbocycles. The Hall–Kier alpha value is -2.98. The Labute approximate surface area is 572 Å². The van der Waals surface area contributed by atoms with E-state index in [9.17, 15) is 43.2 Å². The molecule has 94 heavy (non-hydrogen) atoms. The number of esters is 4. The summed E-state index contributed by atoms with van der Waals surface area (Å²) in [5, 5.41) is 10.6. The van der Waals surface area contributed by atoms with Gasteiger partial charge in [0.15, 0.2) is 12.2 Å². The summed E-state index contributed by atoms with van der Waals surface area (Å²) in [6.07, 6.45) is 63.9. The van der Waals surface area contributed by atoms with Gasteiger partial charge in [-0.05, 0) is 83.5 Å². The number of hydrogen-bond donors (Lipinski definition) is 3. The van der Waals surface area contributed by atoms with Crippen molar-refractivity contribution in [2.24, 2.45) is 0 Å². The number of allylic oxidation sites excluding steroid dienone is 8. The van der Waals surface area contributed by atoms with Crippen LogP contribution in [0.15, 0.2) is 48.6 Å². The second-order valence-electron chi connectivity index (χ2n) is 25.6. The van der Waals surface area contributed by atoms with Crippen LogP contribution in [0.25, 0.3) is 0 Å². The third-order valence-electron chi connectivity index (χ3n) is 16.3. The summed E-state index contributed by atoms with van der Waals surface area (Å²) < 4.78 is 68.4. The van der Waals surface area contributed by atoms with Crippen LogP contribution in [0.2, 0.25) is 0 Å². The lowest BCUT2D eigenvalue weighted by Gasteiger charge is -2.21. The van der Waals surface area contributed by atoms with Crippen molar-refractivity contribution in [3.8, 4) is 0 Å². The quantitative estimate of drug-likeness (QED) is 0.0169. The molecule has 5 atom stereocenters. The standard InChI is InChI=1S/C75H138O17P2/c1-5-9-13-17-21-25-29-32-33-34-35-38-41-44-48-52-56-60-73(78)86-65-70(91-74(79)61-57-53-49-45-39-28-24-20-16-12-8-4)67-89-93(81,82)87-63-69(76)64-88-94(83,84)90-68-71(92-75(80)62-58-54-50-46-42-37-31-27-23-19-15-11-7-3)66-85-72(77)59-55-51-47-43-40-36-30-26-22-18-14-10-6-2/h9,13,21,25-26,30,32-33,69-71,76H,5-8,10-12,14-20,22-24,27-29,31,34-68H2,1-4H3,(H,81,82)(H,83,84)/b13-9-,25-21-,30-26-,33-32-. The van der Waals surface area contributed by atoms with Crippen molar-refractivity contribution in [3.63, 3.8) is 0 Å². The highest BCUT2D eigenvalue weighted by Crippen LogP contribution is 2.45. The normalized spacial score (nSPS) is 14.2. The van der Waals surface area contributed by atoms with Crippen molar-refractivity contribution in [1.29, 1.82) is 0 Å². The molecule has 0 spiro atoms. The third-order valence-corrected chi connectivity index (χ3v) is 18.2. The van der Waals surface area contributed by atoms with E-state index in [1.165, 1.54) is 116 Å². The van der Waals surface area contributed by atoms with E-state index in [0.717, 1.165) is 154 Å². The largest absolute Gasteiger partial charge is 0.472 e. The molecular formula is C75H138O17P2. The van der Waals surface area contributed by atoms with Gasteiger partial charge in [-0.1, -0.05) is 288 Å². The Kier molecular flexibility index (Phi) is 66.4. The molecule has 0 aromatic heterocycles. The average Bonchev–Trinajstić information content (AvgIpc) is 1.32. The molecule has 5 unspecified atom stereocenters. The predicted octanol–water partition coefficient (Wildman–Crippen LogP) is 21.3. The van der Waals surface area contributed by atoms with Crippen LogP contribution in [-0.2, 0) is 65.4 Å². The molecule has 3 N–H and O–H groups in total. The van der Waals surface area contributed by atoms with Gasteiger partial charge in [-0.2, -0.15) is 0 Å². The minimum atomic E-state index is -4.96. The Balaban J connectivity index is 5.27. The minimum Gasteiger partial charge on any atom is -0.462 e. The number of carbonyl (C=O) groups excluding carboxylic acids is 4. The molecular weight excluding hydrogens is 1230 g/mol. The highest BCUT2D eigenvalue weighted by atomic mass is 31.2. The van der Waals surface area contributed by atoms with E-state index in [-0.39, 0.29) is 25.7 Å². The topological polar surface area (TPSA) is 237 Å². The first-order chi connectivity index (χ1) is 45.7. The van der Waals surface area contributed by atoms with Crippen LogP contribution in [-0.4, -0.2) is 96.7 Å². The molecule has 550 valence electrons. The third kappa shape index (κ3) is 67.6. The average molecular weight is 1370 g/mol. The molecule has 0 aromatic rings. The summed E-state index contributed by atoms with van der Waals surface area (Å²) >= 11 is 0. The van der Waals surface area contributed by atoms with Crippen molar-refractivity contribution in [2.45, 2.75) is 367 Å². The van der Waals surface area contributed by atoms with Crippen LogP contribution in [0.5, 0.6) is 0 Å². The molecule has 0 aliphatic heterocycles. The zero-order valence-corrected chi connectivity index (χ0v) is 61.7. The van der Waals surface area contributed by atoms with E-state index in [4.69, 9.17) is 37.0 Å². The second-order valence-corrected chi connectivity index (χ2v) is 28.5. The summed E-state index contributed by atoms with van der Waals surface area (Å²) in [7, 11) is -9.92. The van der Waals surface area contributed by atoms with Crippen LogP contribution < -0.4 is 0 Å². The van der Waals surface area contributed by atoms with Crippen LogP contribution in [0.4, 0.5) is 0 Å². The van der Waals surface area contributed by atoms with Crippen LogP contribution >= 0.6 is 15.6 Å². The molecule has 0 saturated carbocycles. The number of phosphoric ester groups is 2. The molecule has 19 heteroatoms. The van der Waals surface area contributed by atoms with E-state index in [1.807, 2.05) is 0 Å². The van der Waals surface area contributed by atoms with Gasteiger partial charge in [0.1, 0.15) is 19.3 Å². The SMILES string of the molecule is CC/C=C\C/C=C\C/C=C\CCCCCCCCCC(=O)OCC(COP(=O)(O)OCC(O)COP(=O)(O)OCC(COC(=O)CCCCCCC/C=C\CCCCCC)OC(=O)CCCCCCCCCCCCCCC)OC(=O)CCCCCCCCCCCCC. The summed E-state index contributed by atoms with van der Waals surface area (Å²) in [5.41, 5.74) is 0. The van der Waals surface area contributed by atoms with Crippen molar-refractivity contribution in [3.05, 3.63) is 48.6 Å². The van der Waals surface area contributed by atoms with E-state index < -0.39 is 97.5 Å². The van der Waals surface area contributed by atoms with Crippen LogP contribution in [0.3, 0.4) is 0 Å². The summed E-state index contributed by atoms with van der Waals surface area (Å²) in [4.78, 5) is 72.7. The zero-order valence-electron chi connectivity index (χ0n) is 59.9. The summed E-state index contributed by atoms with van der Waals surface area (Å²) in [6.45, 7) is 4.78. The molecule has 0 bridgehead atoms. The molecule has 0 aliphatic carbocycles. The molecule has 0 aliphatic rings. The number of rotatable bonds is 72. The van der Waals surface area contributed by atoms with Gasteiger partial charge in [0, 0.05) is 25.7 Å². The number of phosphoric acid groups is 2. The lowest BCUT2D eigenvalue weighted by Crippen LogP contribution is -2.30. The lowest BCUT2D eigenvalue weighted by atomic mass is 10.0. The molecule has 0 saturated heterocycles. The number of carbonyl (C=O) groups is 4. The van der Waals surface area contributed by atoms with Crippen molar-refractivity contribution < 1.29 is 80.2 Å². The van der Waals surface area contributed by atoms with E-state index in [2.05, 4.69) is 76.3 Å². The van der Waals surface area contributed by atoms with Crippen molar-refractivity contribution in [1.82, 2.24) is 0 Å². The Morgan fingerprint density at radius 2 is 0.553 bits per heavy atom. The fraction of sp³-hybridized carbons (Fsp3) is 0.840. The fourth-order valence-electron chi connectivity index (χ4n) is 10.5. The maximum atomic E-state index is 13.0. The Bertz CT molecular complexity index is 1980. The van der Waals surface area contributed by atoms with Crippen molar-refractivity contribution >= 4 is 39.5 Å². The van der Waals surface area contributed by atoms with E-state index in [0.29, 0.717) is 25.7 Å². The number of aliphatic hydroxyl groups is 1. The number of ether oxygens (including phenoxy) is 4. The highest BCUT2D eigenvalue weighted by molar-refractivity contribution is 7.47. The molecule has 0 heterocycles. The monoisotopic (exact) mass is 1370 g/mol. The van der Waals surface area contributed by atoms with Gasteiger partial charge in [-0.15, -0.1) is 0 Å².